The molecule has 7 heteroatoms. The molecule has 24 heavy (non-hydrogen) atoms. The van der Waals surface area contributed by atoms with E-state index in [-0.39, 0.29) is 18.3 Å². The molecule has 0 atom stereocenters. The number of carbonyl (C=O) groups is 1. The lowest BCUT2D eigenvalue weighted by molar-refractivity contribution is -0.120. The van der Waals surface area contributed by atoms with Gasteiger partial charge in [0.25, 0.3) is 5.91 Å². The van der Waals surface area contributed by atoms with Crippen LogP contribution in [0.2, 0.25) is 0 Å². The van der Waals surface area contributed by atoms with Gasteiger partial charge in [0, 0.05) is 5.69 Å². The number of carbonyl (C=O) groups excluding carboxylic acids is 1. The minimum atomic E-state index is -2.86. The van der Waals surface area contributed by atoms with E-state index in [1.807, 2.05) is 19.1 Å². The topological polar surface area (TPSA) is 59.9 Å². The quantitative estimate of drug-likeness (QED) is 0.622. The Balaban J connectivity index is 1.75. The van der Waals surface area contributed by atoms with Gasteiger partial charge in [0.2, 0.25) is 0 Å². The molecule has 1 N–H and O–H groups in total. The Morgan fingerprint density at radius 2 is 1.83 bits per heavy atom. The monoisotopic (exact) mass is 334 g/mol. The molecule has 0 aliphatic carbocycles. The number of oxime groups is 1. The van der Waals surface area contributed by atoms with Crippen LogP contribution in [0.3, 0.4) is 0 Å². The molecule has 2 aromatic carbocycles. The molecule has 0 aliphatic heterocycles. The number of hydrogen-bond donors (Lipinski definition) is 1. The smallest absolute Gasteiger partial charge is 0.387 e. The summed E-state index contributed by atoms with van der Waals surface area (Å²) in [5.74, 6) is -0.280. The number of amides is 1. The first kappa shape index (κ1) is 17.4. The number of hydrogen-bond acceptors (Lipinski definition) is 4. The second-order valence-corrected chi connectivity index (χ2v) is 4.87. The van der Waals surface area contributed by atoms with E-state index in [2.05, 4.69) is 15.2 Å². The Bertz CT molecular complexity index is 686. The zero-order valence-corrected chi connectivity index (χ0v) is 12.9. The van der Waals surface area contributed by atoms with Crippen molar-refractivity contribution in [3.8, 4) is 5.75 Å². The summed E-state index contributed by atoms with van der Waals surface area (Å²) in [6.45, 7) is -1.15. The van der Waals surface area contributed by atoms with Crippen LogP contribution in [0.15, 0.2) is 53.7 Å². The molecule has 0 unspecified atom stereocenters. The van der Waals surface area contributed by atoms with Crippen LogP contribution in [0.5, 0.6) is 5.75 Å². The van der Waals surface area contributed by atoms with Crippen LogP contribution in [-0.2, 0) is 9.63 Å². The van der Waals surface area contributed by atoms with Gasteiger partial charge in [-0.1, -0.05) is 22.9 Å². The minimum Gasteiger partial charge on any atom is -0.435 e. The van der Waals surface area contributed by atoms with E-state index < -0.39 is 6.61 Å². The Morgan fingerprint density at radius 1 is 1.17 bits per heavy atom. The van der Waals surface area contributed by atoms with E-state index in [9.17, 15) is 13.6 Å². The summed E-state index contributed by atoms with van der Waals surface area (Å²) in [6, 6.07) is 13.2. The van der Waals surface area contributed by atoms with Crippen LogP contribution in [0.4, 0.5) is 14.5 Å². The molecule has 0 heterocycles. The van der Waals surface area contributed by atoms with Gasteiger partial charge in [-0.3, -0.25) is 4.79 Å². The second kappa shape index (κ2) is 8.61. The van der Waals surface area contributed by atoms with Gasteiger partial charge in [-0.15, -0.1) is 0 Å². The van der Waals surface area contributed by atoms with E-state index in [4.69, 9.17) is 4.84 Å². The van der Waals surface area contributed by atoms with Crippen molar-refractivity contribution in [1.82, 2.24) is 0 Å². The molecule has 0 radical (unpaired) electrons. The summed E-state index contributed by atoms with van der Waals surface area (Å²) in [6.07, 6.45) is 1.37. The molecule has 0 saturated carbocycles. The molecule has 2 aromatic rings. The molecular formula is C17H16F2N2O3. The van der Waals surface area contributed by atoms with Crippen molar-refractivity contribution >= 4 is 17.8 Å². The van der Waals surface area contributed by atoms with Crippen LogP contribution in [0.1, 0.15) is 11.1 Å². The van der Waals surface area contributed by atoms with E-state index in [0.29, 0.717) is 11.3 Å². The molecule has 0 aliphatic rings. The molecule has 0 fully saturated rings. The van der Waals surface area contributed by atoms with Gasteiger partial charge in [-0.05, 0) is 48.9 Å². The maximum atomic E-state index is 12.0. The number of rotatable bonds is 7. The predicted octanol–water partition coefficient (Wildman–Crippen LogP) is 3.59. The Labute approximate surface area is 137 Å². The fraction of sp³-hybridized carbons (Fsp3) is 0.176. The Morgan fingerprint density at radius 3 is 2.46 bits per heavy atom. The normalized spacial score (nSPS) is 10.8. The maximum Gasteiger partial charge on any atom is 0.387 e. The lowest BCUT2D eigenvalue weighted by atomic mass is 10.2. The van der Waals surface area contributed by atoms with Gasteiger partial charge in [0.15, 0.2) is 6.61 Å². The molecule has 5 nitrogen and oxygen atoms in total. The summed E-state index contributed by atoms with van der Waals surface area (Å²) in [4.78, 5) is 16.6. The van der Waals surface area contributed by atoms with Crippen molar-refractivity contribution in [3.63, 3.8) is 0 Å². The first-order chi connectivity index (χ1) is 11.5. The summed E-state index contributed by atoms with van der Waals surface area (Å²) in [7, 11) is 0. The van der Waals surface area contributed by atoms with Gasteiger partial charge in [0.05, 0.1) is 6.21 Å². The van der Waals surface area contributed by atoms with Gasteiger partial charge in [-0.2, -0.15) is 8.78 Å². The van der Waals surface area contributed by atoms with Crippen LogP contribution in [0, 0.1) is 6.92 Å². The summed E-state index contributed by atoms with van der Waals surface area (Å²) < 4.78 is 28.3. The van der Waals surface area contributed by atoms with Crippen molar-refractivity contribution in [3.05, 3.63) is 59.7 Å². The van der Waals surface area contributed by atoms with Crippen molar-refractivity contribution in [2.45, 2.75) is 13.5 Å². The standard InChI is InChI=1S/C17H16F2N2O3/c1-12-2-6-14(7-3-12)21-16(22)11-23-20-10-13-4-8-15(9-5-13)24-17(18)19/h2-10,17H,11H2,1H3,(H,21,22)/b20-10-. The Hall–Kier alpha value is -2.96. The van der Waals surface area contributed by atoms with Crippen molar-refractivity contribution in [2.75, 3.05) is 11.9 Å². The van der Waals surface area contributed by atoms with E-state index >= 15 is 0 Å². The number of ether oxygens (including phenoxy) is 1. The average molecular weight is 334 g/mol. The lowest BCUT2D eigenvalue weighted by Crippen LogP contribution is -2.16. The zero-order chi connectivity index (χ0) is 17.4. The second-order valence-electron chi connectivity index (χ2n) is 4.87. The highest BCUT2D eigenvalue weighted by atomic mass is 19.3. The third-order valence-corrected chi connectivity index (χ3v) is 2.91. The molecule has 0 saturated heterocycles. The fourth-order valence-electron chi connectivity index (χ4n) is 1.76. The summed E-state index contributed by atoms with van der Waals surface area (Å²) in [5.41, 5.74) is 2.39. The number of anilines is 1. The predicted molar refractivity (Wildman–Crippen MR) is 86.4 cm³/mol. The Kier molecular flexibility index (Phi) is 6.24. The van der Waals surface area contributed by atoms with Crippen molar-refractivity contribution in [2.24, 2.45) is 5.16 Å². The van der Waals surface area contributed by atoms with Crippen LogP contribution >= 0.6 is 0 Å². The van der Waals surface area contributed by atoms with Gasteiger partial charge >= 0.3 is 6.61 Å². The molecule has 0 bridgehead atoms. The molecule has 0 aromatic heterocycles. The number of nitrogens with one attached hydrogen (secondary N) is 1. The SMILES string of the molecule is Cc1ccc(NC(=O)CO/N=C\c2ccc(OC(F)F)cc2)cc1. The molecular weight excluding hydrogens is 318 g/mol. The highest BCUT2D eigenvalue weighted by molar-refractivity contribution is 5.91. The average Bonchev–Trinajstić information content (AvgIpc) is 2.55. The summed E-state index contributed by atoms with van der Waals surface area (Å²) in [5, 5.41) is 6.32. The third-order valence-electron chi connectivity index (χ3n) is 2.91. The van der Waals surface area contributed by atoms with Gasteiger partial charge < -0.3 is 14.9 Å². The van der Waals surface area contributed by atoms with Gasteiger partial charge in [-0.25, -0.2) is 0 Å². The largest absolute Gasteiger partial charge is 0.435 e. The third kappa shape index (κ3) is 6.04. The lowest BCUT2D eigenvalue weighted by Gasteiger charge is -2.05. The van der Waals surface area contributed by atoms with Crippen molar-refractivity contribution in [1.29, 1.82) is 0 Å². The zero-order valence-electron chi connectivity index (χ0n) is 12.9. The van der Waals surface area contributed by atoms with Crippen molar-refractivity contribution < 1.29 is 23.1 Å². The van der Waals surface area contributed by atoms with Gasteiger partial charge in [0.1, 0.15) is 5.75 Å². The molecule has 126 valence electrons. The van der Waals surface area contributed by atoms with E-state index in [1.165, 1.54) is 30.5 Å². The van der Waals surface area contributed by atoms with Crippen LogP contribution in [-0.4, -0.2) is 25.3 Å². The molecule has 2 rings (SSSR count). The van der Waals surface area contributed by atoms with Crippen LogP contribution < -0.4 is 10.1 Å². The molecule has 0 spiro atoms. The summed E-state index contributed by atoms with van der Waals surface area (Å²) >= 11 is 0. The number of halogens is 2. The maximum absolute atomic E-state index is 12.0. The highest BCUT2D eigenvalue weighted by Gasteiger charge is 2.04. The first-order valence-electron chi connectivity index (χ1n) is 7.09. The fourth-order valence-corrected chi connectivity index (χ4v) is 1.76. The van der Waals surface area contributed by atoms with E-state index in [0.717, 1.165) is 5.56 Å². The number of benzene rings is 2. The number of alkyl halides is 2. The number of aryl methyl sites for hydroxylation is 1. The molecule has 1 amide bonds. The first-order valence-corrected chi connectivity index (χ1v) is 7.09. The minimum absolute atomic E-state index is 0.0561. The van der Waals surface area contributed by atoms with E-state index in [1.54, 1.807) is 12.1 Å². The highest BCUT2D eigenvalue weighted by Crippen LogP contribution is 2.14. The number of nitrogens with zero attached hydrogens (tertiary/aromatic N) is 1. The van der Waals surface area contributed by atoms with Crippen LogP contribution in [0.25, 0.3) is 0 Å².